The van der Waals surface area contributed by atoms with E-state index in [0.717, 1.165) is 26.4 Å². The van der Waals surface area contributed by atoms with Crippen molar-refractivity contribution in [2.24, 2.45) is 0 Å². The topological polar surface area (TPSA) is 21.3 Å². The van der Waals surface area contributed by atoms with Crippen LogP contribution in [0.3, 0.4) is 0 Å². The normalized spacial score (nSPS) is 12.3. The zero-order valence-electron chi connectivity index (χ0n) is 12.6. The van der Waals surface area contributed by atoms with Crippen LogP contribution in [0.4, 0.5) is 0 Å². The van der Waals surface area contributed by atoms with Crippen molar-refractivity contribution in [3.05, 3.63) is 62.1 Å². The Morgan fingerprint density at radius 2 is 1.81 bits per heavy atom. The van der Waals surface area contributed by atoms with Gasteiger partial charge in [-0.2, -0.15) is 0 Å². The Balaban J connectivity index is 2.56. The number of benzene rings is 2. The largest absolute Gasteiger partial charge is 0.496 e. The molecule has 2 nitrogen and oxygen atoms in total. The monoisotopic (exact) mass is 367 g/mol. The second kappa shape index (κ2) is 6.82. The number of nitrogens with one attached hydrogen (secondary N) is 1. The van der Waals surface area contributed by atoms with Gasteiger partial charge in [0.05, 0.1) is 13.2 Å². The summed E-state index contributed by atoms with van der Waals surface area (Å²) in [6, 6.07) is 10.2. The highest BCUT2D eigenvalue weighted by Crippen LogP contribution is 2.34. The first-order valence-corrected chi connectivity index (χ1v) is 7.92. The molecule has 0 amide bonds. The minimum absolute atomic E-state index is 0.0413. The lowest BCUT2D eigenvalue weighted by Crippen LogP contribution is -2.19. The van der Waals surface area contributed by atoms with E-state index in [1.54, 1.807) is 7.11 Å². The Morgan fingerprint density at radius 3 is 2.43 bits per heavy atom. The fraction of sp³-hybridized carbons (Fsp3) is 0.294. The lowest BCUT2D eigenvalue weighted by atomic mass is 9.93. The molecule has 4 heteroatoms. The van der Waals surface area contributed by atoms with Gasteiger partial charge in [-0.3, -0.25) is 0 Å². The summed E-state index contributed by atoms with van der Waals surface area (Å²) in [5.41, 5.74) is 4.55. The maximum absolute atomic E-state index is 6.38. The van der Waals surface area contributed by atoms with Crippen LogP contribution >= 0.6 is 27.5 Å². The van der Waals surface area contributed by atoms with Crippen molar-refractivity contribution in [3.8, 4) is 5.75 Å². The van der Waals surface area contributed by atoms with E-state index >= 15 is 0 Å². The van der Waals surface area contributed by atoms with Crippen LogP contribution in [0.1, 0.15) is 28.3 Å². The molecule has 0 aliphatic rings. The maximum Gasteiger partial charge on any atom is 0.122 e. The number of hydrogen-bond acceptors (Lipinski definition) is 2. The fourth-order valence-electron chi connectivity index (χ4n) is 2.56. The molecule has 1 atom stereocenters. The predicted octanol–water partition coefficient (Wildman–Crippen LogP) is 5.04. The Bertz CT molecular complexity index is 657. The lowest BCUT2D eigenvalue weighted by molar-refractivity contribution is 0.411. The van der Waals surface area contributed by atoms with Gasteiger partial charge < -0.3 is 10.1 Å². The first kappa shape index (κ1) is 16.3. The highest BCUT2D eigenvalue weighted by atomic mass is 79.9. The van der Waals surface area contributed by atoms with E-state index in [4.69, 9.17) is 16.3 Å². The van der Waals surface area contributed by atoms with Crippen LogP contribution in [-0.2, 0) is 0 Å². The van der Waals surface area contributed by atoms with Crippen LogP contribution in [0.25, 0.3) is 0 Å². The van der Waals surface area contributed by atoms with E-state index in [-0.39, 0.29) is 6.04 Å². The van der Waals surface area contributed by atoms with Gasteiger partial charge in [0.1, 0.15) is 5.75 Å². The van der Waals surface area contributed by atoms with Gasteiger partial charge in [0.2, 0.25) is 0 Å². The van der Waals surface area contributed by atoms with Gasteiger partial charge in [0.25, 0.3) is 0 Å². The van der Waals surface area contributed by atoms with Crippen LogP contribution in [-0.4, -0.2) is 14.2 Å². The summed E-state index contributed by atoms with van der Waals surface area (Å²) in [4.78, 5) is 0. The molecule has 0 saturated carbocycles. The summed E-state index contributed by atoms with van der Waals surface area (Å²) in [6.45, 7) is 4.14. The number of ether oxygens (including phenoxy) is 1. The van der Waals surface area contributed by atoms with Crippen LogP contribution < -0.4 is 10.1 Å². The lowest BCUT2D eigenvalue weighted by Gasteiger charge is -2.22. The summed E-state index contributed by atoms with van der Waals surface area (Å²) < 4.78 is 6.41. The Labute approximate surface area is 139 Å². The highest BCUT2D eigenvalue weighted by Gasteiger charge is 2.19. The van der Waals surface area contributed by atoms with Crippen molar-refractivity contribution >= 4 is 27.5 Å². The van der Waals surface area contributed by atoms with Gasteiger partial charge >= 0.3 is 0 Å². The van der Waals surface area contributed by atoms with Gasteiger partial charge in [-0.1, -0.05) is 33.6 Å². The van der Waals surface area contributed by atoms with Crippen LogP contribution in [0.5, 0.6) is 5.75 Å². The van der Waals surface area contributed by atoms with Crippen molar-refractivity contribution < 1.29 is 4.74 Å². The molecule has 0 fully saturated rings. The van der Waals surface area contributed by atoms with Crippen molar-refractivity contribution in [2.45, 2.75) is 19.9 Å². The second-order valence-electron chi connectivity index (χ2n) is 5.07. The van der Waals surface area contributed by atoms with Gasteiger partial charge in [-0.25, -0.2) is 0 Å². The maximum atomic E-state index is 6.38. The summed E-state index contributed by atoms with van der Waals surface area (Å²) in [5, 5.41) is 4.12. The molecule has 0 aliphatic carbocycles. The van der Waals surface area contributed by atoms with Crippen molar-refractivity contribution in [2.75, 3.05) is 14.2 Å². The van der Waals surface area contributed by atoms with Crippen molar-refractivity contribution in [3.63, 3.8) is 0 Å². The average Bonchev–Trinajstić information content (AvgIpc) is 2.46. The first-order chi connectivity index (χ1) is 9.97. The van der Waals surface area contributed by atoms with Crippen molar-refractivity contribution in [1.29, 1.82) is 0 Å². The summed E-state index contributed by atoms with van der Waals surface area (Å²) in [6.07, 6.45) is 0. The molecule has 0 saturated heterocycles. The molecular weight excluding hydrogens is 350 g/mol. The average molecular weight is 369 g/mol. The quantitative estimate of drug-likeness (QED) is 0.816. The third kappa shape index (κ3) is 3.42. The molecule has 2 aromatic rings. The summed E-state index contributed by atoms with van der Waals surface area (Å²) in [7, 11) is 3.64. The van der Waals surface area contributed by atoms with E-state index in [1.807, 2.05) is 19.2 Å². The third-order valence-corrected chi connectivity index (χ3v) is 4.49. The van der Waals surface area contributed by atoms with Gasteiger partial charge in [-0.15, -0.1) is 0 Å². The molecule has 2 rings (SSSR count). The van der Waals surface area contributed by atoms with Crippen LogP contribution in [0.2, 0.25) is 5.02 Å². The molecule has 112 valence electrons. The van der Waals surface area contributed by atoms with Crippen LogP contribution in [0, 0.1) is 13.8 Å². The fourth-order valence-corrected chi connectivity index (χ4v) is 3.16. The zero-order valence-corrected chi connectivity index (χ0v) is 15.0. The predicted molar refractivity (Wildman–Crippen MR) is 92.5 cm³/mol. The number of hydrogen-bond donors (Lipinski definition) is 1. The standard InChI is InChI=1S/C17H19BrClNO/c1-10-8-16(21-4)11(2)7-13(10)17(20-3)14-9-12(18)5-6-15(14)19/h5-9,17,20H,1-4H3. The molecule has 0 bridgehead atoms. The molecule has 1 unspecified atom stereocenters. The second-order valence-corrected chi connectivity index (χ2v) is 6.39. The highest BCUT2D eigenvalue weighted by molar-refractivity contribution is 9.10. The van der Waals surface area contributed by atoms with E-state index in [0.29, 0.717) is 0 Å². The Kier molecular flexibility index (Phi) is 5.31. The minimum Gasteiger partial charge on any atom is -0.496 e. The third-order valence-electron chi connectivity index (χ3n) is 3.65. The van der Waals surface area contributed by atoms with E-state index in [2.05, 4.69) is 53.3 Å². The number of aryl methyl sites for hydroxylation is 2. The van der Waals surface area contributed by atoms with Gasteiger partial charge in [-0.05, 0) is 67.4 Å². The van der Waals surface area contributed by atoms with Gasteiger partial charge in [0.15, 0.2) is 0 Å². The molecule has 1 N–H and O–H groups in total. The summed E-state index contributed by atoms with van der Waals surface area (Å²) in [5.74, 6) is 0.909. The molecule has 0 aliphatic heterocycles. The van der Waals surface area contributed by atoms with Crippen LogP contribution in [0.15, 0.2) is 34.8 Å². The first-order valence-electron chi connectivity index (χ1n) is 6.75. The molecular formula is C17H19BrClNO. The summed E-state index contributed by atoms with van der Waals surface area (Å²) >= 11 is 9.90. The van der Waals surface area contributed by atoms with E-state index < -0.39 is 0 Å². The van der Waals surface area contributed by atoms with E-state index in [9.17, 15) is 0 Å². The van der Waals surface area contributed by atoms with Gasteiger partial charge in [0, 0.05) is 9.50 Å². The zero-order chi connectivity index (χ0) is 15.6. The molecule has 0 spiro atoms. The molecule has 21 heavy (non-hydrogen) atoms. The molecule has 2 aromatic carbocycles. The molecule has 0 heterocycles. The molecule has 0 radical (unpaired) electrons. The smallest absolute Gasteiger partial charge is 0.122 e. The van der Waals surface area contributed by atoms with Crippen molar-refractivity contribution in [1.82, 2.24) is 5.32 Å². The Morgan fingerprint density at radius 1 is 1.10 bits per heavy atom. The van der Waals surface area contributed by atoms with E-state index in [1.165, 1.54) is 11.1 Å². The number of rotatable bonds is 4. The number of methoxy groups -OCH3 is 1. The minimum atomic E-state index is 0.0413. The SMILES string of the molecule is CNC(c1cc(C)c(OC)cc1C)c1cc(Br)ccc1Cl. The Hall–Kier alpha value is -1.03. The number of halogens is 2. The molecule has 0 aromatic heterocycles.